The average Bonchev–Trinajstić information content (AvgIpc) is 3.31. The Morgan fingerprint density at radius 3 is 2.04 bits per heavy atom. The third-order valence-electron chi connectivity index (χ3n) is 10.1. The molecule has 0 atom stereocenters. The molecule has 6 aromatic carbocycles. The molecule has 0 spiro atoms. The molecule has 0 bridgehead atoms. The lowest BCUT2D eigenvalue weighted by atomic mass is 9.80. The highest BCUT2D eigenvalue weighted by molar-refractivity contribution is 6.44. The van der Waals surface area contributed by atoms with Crippen molar-refractivity contribution in [2.75, 3.05) is 23.4 Å². The van der Waals surface area contributed by atoms with Gasteiger partial charge in [0, 0.05) is 17.9 Å². The number of alkyl halides is 4. The summed E-state index contributed by atoms with van der Waals surface area (Å²) in [5, 5.41) is 13.6. The number of ether oxygens (including phenoxy) is 3. The lowest BCUT2D eigenvalue weighted by Crippen LogP contribution is -2.34. The third kappa shape index (κ3) is 18.2. The van der Waals surface area contributed by atoms with E-state index in [1.807, 2.05) is 99.6 Å². The zero-order valence-corrected chi connectivity index (χ0v) is 41.1. The first-order valence-electron chi connectivity index (χ1n) is 22.0. The average molecular weight is 1010 g/mol. The van der Waals surface area contributed by atoms with Gasteiger partial charge < -0.3 is 24.6 Å². The van der Waals surface area contributed by atoms with Crippen molar-refractivity contribution < 1.29 is 46.9 Å². The van der Waals surface area contributed by atoms with Crippen LogP contribution in [-0.4, -0.2) is 47.2 Å². The molecular formula is C53H55Cl3F3N3O7. The predicted octanol–water partition coefficient (Wildman–Crippen LogP) is 15.3. The lowest BCUT2D eigenvalue weighted by molar-refractivity contribution is -0.163. The van der Waals surface area contributed by atoms with E-state index >= 15 is 0 Å². The molecule has 0 aliphatic carbocycles. The molecule has 0 aliphatic heterocycles. The topological polar surface area (TPSA) is 126 Å². The van der Waals surface area contributed by atoms with Crippen molar-refractivity contribution in [1.29, 1.82) is 0 Å². The lowest BCUT2D eigenvalue weighted by Gasteiger charge is -2.25. The molecule has 4 amide bonds. The maximum absolute atomic E-state index is 14.1. The largest absolute Gasteiger partial charge is 0.494 e. The second-order valence-corrected chi connectivity index (χ2v) is 17.5. The van der Waals surface area contributed by atoms with Gasteiger partial charge >= 0.3 is 18.2 Å². The van der Waals surface area contributed by atoms with Gasteiger partial charge in [0.25, 0.3) is 5.91 Å². The molecule has 0 unspecified atom stereocenters. The van der Waals surface area contributed by atoms with E-state index in [4.69, 9.17) is 49.4 Å². The van der Waals surface area contributed by atoms with Crippen molar-refractivity contribution in [2.24, 2.45) is 0 Å². The number of aryl methyl sites for hydroxylation is 2. The Bertz CT molecular complexity index is 2570. The second-order valence-electron chi connectivity index (χ2n) is 16.0. The number of imide groups is 1. The summed E-state index contributed by atoms with van der Waals surface area (Å²) < 4.78 is 56.3. The standard InChI is InChI=1S/C26H29FO2.C16H11Cl3F2N2O3.C11H15NO2/c1-4-28-22-15-13-21(14-16-22)26(2,3)18-8-9-20-12-17-24(27)25(19-20)29-23-10-6-5-7-11-23;17-12-4-2-1-3-11(12)13(24)23-15(25)22-9-5-7-10(8-6-9)26-16(20,21)14(18)19;1-3-7-12(11(13)14)10-6-4-5-9(2)8-10/h5-7,10-17,19H,4,8-9,18H2,1-3H3;1-8,14H,(H2,22,23,24,25);4-6,8H,3,7H2,1-2H3,(H,13,14). The number of para-hydroxylation sites is 1. The Morgan fingerprint density at radius 1 is 0.783 bits per heavy atom. The summed E-state index contributed by atoms with van der Waals surface area (Å²) in [6.07, 6.45) is -0.912. The Labute approximate surface area is 416 Å². The van der Waals surface area contributed by atoms with Gasteiger partial charge in [-0.3, -0.25) is 15.0 Å². The van der Waals surface area contributed by atoms with Crippen LogP contribution in [0.3, 0.4) is 0 Å². The Balaban J connectivity index is 0.000000239. The van der Waals surface area contributed by atoms with E-state index in [1.165, 1.54) is 52.9 Å². The van der Waals surface area contributed by atoms with Gasteiger partial charge in [0.15, 0.2) is 11.6 Å². The Hall–Kier alpha value is -6.41. The predicted molar refractivity (Wildman–Crippen MR) is 269 cm³/mol. The molecule has 0 aliphatic rings. The van der Waals surface area contributed by atoms with E-state index in [0.29, 0.717) is 18.9 Å². The van der Waals surface area contributed by atoms with E-state index in [1.54, 1.807) is 12.1 Å². The first-order valence-corrected chi connectivity index (χ1v) is 23.2. The minimum Gasteiger partial charge on any atom is -0.494 e. The monoisotopic (exact) mass is 1010 g/mol. The summed E-state index contributed by atoms with van der Waals surface area (Å²) in [6.45, 7) is 11.6. The van der Waals surface area contributed by atoms with Crippen LogP contribution < -0.4 is 29.7 Å². The number of carbonyl (C=O) groups excluding carboxylic acids is 2. The quantitative estimate of drug-likeness (QED) is 0.0777. The number of benzene rings is 6. The maximum Gasteiger partial charge on any atom is 0.428 e. The zero-order valence-electron chi connectivity index (χ0n) is 38.8. The van der Waals surface area contributed by atoms with Crippen LogP contribution in [0.4, 0.5) is 34.1 Å². The molecule has 10 nitrogen and oxygen atoms in total. The highest BCUT2D eigenvalue weighted by atomic mass is 35.5. The number of urea groups is 1. The van der Waals surface area contributed by atoms with Gasteiger partial charge in [-0.1, -0.05) is 116 Å². The number of hydrogen-bond donors (Lipinski definition) is 3. The van der Waals surface area contributed by atoms with Gasteiger partial charge in [-0.25, -0.2) is 14.0 Å². The number of halogens is 6. The SMILES string of the molecule is CCCN(C(=O)O)c1cccc(C)c1.CCOc1ccc(C(C)(C)CCCc2ccc(F)c(Oc3ccccc3)c2)cc1.O=C(NC(=O)c1ccccc1Cl)Nc1ccc(OC(F)(F)C(Cl)Cl)cc1. The van der Waals surface area contributed by atoms with E-state index in [9.17, 15) is 27.6 Å². The van der Waals surface area contributed by atoms with Crippen LogP contribution in [0.25, 0.3) is 0 Å². The number of nitrogens with zero attached hydrogens (tertiary/aromatic N) is 1. The number of nitrogens with one attached hydrogen (secondary N) is 2. The number of hydrogen-bond acceptors (Lipinski definition) is 6. The minimum absolute atomic E-state index is 0.0636. The smallest absolute Gasteiger partial charge is 0.428 e. The molecule has 0 fully saturated rings. The Kier molecular flexibility index (Phi) is 21.6. The maximum atomic E-state index is 14.1. The van der Waals surface area contributed by atoms with Gasteiger partial charge in [-0.05, 0) is 147 Å². The van der Waals surface area contributed by atoms with E-state index in [-0.39, 0.29) is 39.0 Å². The fourth-order valence-corrected chi connectivity index (χ4v) is 6.90. The van der Waals surface area contributed by atoms with Crippen LogP contribution in [0, 0.1) is 12.7 Å². The van der Waals surface area contributed by atoms with Crippen molar-refractivity contribution >= 4 is 64.2 Å². The normalized spacial score (nSPS) is 11.0. The fraction of sp³-hybridized carbons (Fsp3) is 0.264. The zero-order chi connectivity index (χ0) is 50.6. The van der Waals surface area contributed by atoms with Crippen LogP contribution in [0.5, 0.6) is 23.0 Å². The van der Waals surface area contributed by atoms with Crippen LogP contribution in [0.1, 0.15) is 74.0 Å². The summed E-state index contributed by atoms with van der Waals surface area (Å²) in [5.41, 5.74) is 4.64. The molecule has 0 saturated heterocycles. The molecule has 0 heterocycles. The van der Waals surface area contributed by atoms with Gasteiger partial charge in [0.05, 0.1) is 17.2 Å². The fourth-order valence-electron chi connectivity index (χ4n) is 6.59. The molecule has 3 N–H and O–H groups in total. The van der Waals surface area contributed by atoms with Gasteiger partial charge in [-0.2, -0.15) is 8.78 Å². The van der Waals surface area contributed by atoms with Crippen LogP contribution in [0.15, 0.2) is 146 Å². The highest BCUT2D eigenvalue weighted by Crippen LogP contribution is 2.33. The molecule has 0 aromatic heterocycles. The van der Waals surface area contributed by atoms with E-state index in [0.717, 1.165) is 48.2 Å². The molecular weight excluding hydrogens is 954 g/mol. The van der Waals surface area contributed by atoms with Crippen LogP contribution >= 0.6 is 34.8 Å². The first-order chi connectivity index (χ1) is 32.8. The van der Waals surface area contributed by atoms with Crippen molar-refractivity contribution in [3.05, 3.63) is 179 Å². The highest BCUT2D eigenvalue weighted by Gasteiger charge is 2.40. The molecule has 0 radical (unpaired) electrons. The number of carbonyl (C=O) groups is 3. The van der Waals surface area contributed by atoms with E-state index < -0.39 is 29.0 Å². The van der Waals surface area contributed by atoms with Gasteiger partial charge in [0.1, 0.15) is 17.2 Å². The summed E-state index contributed by atoms with van der Waals surface area (Å²) in [7, 11) is 0. The molecule has 0 saturated carbocycles. The number of anilines is 2. The molecule has 69 heavy (non-hydrogen) atoms. The number of rotatable bonds is 17. The summed E-state index contributed by atoms with van der Waals surface area (Å²) >= 11 is 16.1. The molecule has 6 aromatic rings. The van der Waals surface area contributed by atoms with Crippen LogP contribution in [-0.2, 0) is 11.8 Å². The summed E-state index contributed by atoms with van der Waals surface area (Å²) in [6, 6.07) is 40.7. The van der Waals surface area contributed by atoms with Crippen molar-refractivity contribution in [1.82, 2.24) is 5.32 Å². The molecule has 366 valence electrons. The van der Waals surface area contributed by atoms with Gasteiger partial charge in [-0.15, -0.1) is 0 Å². The van der Waals surface area contributed by atoms with Crippen LogP contribution in [0.2, 0.25) is 5.02 Å². The first kappa shape index (κ1) is 55.2. The number of amides is 4. The molecule has 6 rings (SSSR count). The second kappa shape index (κ2) is 27.0. The summed E-state index contributed by atoms with van der Waals surface area (Å²) in [4.78, 5) is 34.0. The number of carboxylic acid groups (broad SMARTS) is 1. The van der Waals surface area contributed by atoms with Gasteiger partial charge in [0.2, 0.25) is 4.84 Å². The third-order valence-corrected chi connectivity index (χ3v) is 11.0. The van der Waals surface area contributed by atoms with Crippen molar-refractivity contribution in [2.45, 2.75) is 76.7 Å². The Morgan fingerprint density at radius 2 is 1.43 bits per heavy atom. The van der Waals surface area contributed by atoms with E-state index in [2.05, 4.69) is 41.4 Å². The van der Waals surface area contributed by atoms with Crippen molar-refractivity contribution in [3.63, 3.8) is 0 Å². The van der Waals surface area contributed by atoms with Crippen molar-refractivity contribution in [3.8, 4) is 23.0 Å². The molecule has 16 heteroatoms. The minimum atomic E-state index is -3.77. The summed E-state index contributed by atoms with van der Waals surface area (Å²) in [5.74, 6) is 0.582.